The molecule has 2 aromatic rings. The molecule has 6 nitrogen and oxygen atoms in total. The number of imide groups is 1. The molecule has 1 aliphatic heterocycles. The van der Waals surface area contributed by atoms with Crippen LogP contribution in [-0.2, 0) is 9.59 Å². The number of nitrogens with one attached hydrogen (secondary N) is 2. The highest BCUT2D eigenvalue weighted by Gasteiger charge is 2.28. The van der Waals surface area contributed by atoms with Gasteiger partial charge in [0.05, 0.1) is 11.4 Å². The number of aromatic nitrogens is 2. The van der Waals surface area contributed by atoms with Gasteiger partial charge in [-0.05, 0) is 24.1 Å². The van der Waals surface area contributed by atoms with E-state index in [1.54, 1.807) is 18.2 Å². The molecule has 19 heavy (non-hydrogen) atoms. The molecule has 1 aromatic heterocycles. The maximum absolute atomic E-state index is 11.8. The van der Waals surface area contributed by atoms with Crippen LogP contribution in [0.15, 0.2) is 18.2 Å². The van der Waals surface area contributed by atoms with E-state index in [9.17, 15) is 14.4 Å². The zero-order valence-corrected chi connectivity index (χ0v) is 9.97. The van der Waals surface area contributed by atoms with Gasteiger partial charge in [-0.3, -0.25) is 24.8 Å². The number of piperidine rings is 1. The SMILES string of the molecule is O=Cc1[nH]nc2ccc(C3CCC(=O)NC3=O)cc12. The van der Waals surface area contributed by atoms with Crippen LogP contribution in [0.25, 0.3) is 10.9 Å². The Hall–Kier alpha value is -2.50. The maximum Gasteiger partial charge on any atom is 0.234 e. The minimum absolute atomic E-state index is 0.237. The molecule has 1 atom stereocenters. The Bertz CT molecular complexity index is 689. The monoisotopic (exact) mass is 257 g/mol. The van der Waals surface area contributed by atoms with Crippen molar-refractivity contribution >= 4 is 29.0 Å². The highest BCUT2D eigenvalue weighted by molar-refractivity contribution is 6.02. The number of hydrogen-bond acceptors (Lipinski definition) is 4. The van der Waals surface area contributed by atoms with E-state index in [-0.39, 0.29) is 17.7 Å². The van der Waals surface area contributed by atoms with Gasteiger partial charge in [0.1, 0.15) is 5.69 Å². The van der Waals surface area contributed by atoms with E-state index in [1.165, 1.54) is 0 Å². The highest BCUT2D eigenvalue weighted by atomic mass is 16.2. The molecule has 0 radical (unpaired) electrons. The Balaban J connectivity index is 2.03. The summed E-state index contributed by atoms with van der Waals surface area (Å²) in [6, 6.07) is 5.35. The van der Waals surface area contributed by atoms with Gasteiger partial charge in [-0.15, -0.1) is 0 Å². The molecule has 1 fully saturated rings. The van der Waals surface area contributed by atoms with Gasteiger partial charge >= 0.3 is 0 Å². The lowest BCUT2D eigenvalue weighted by molar-refractivity contribution is -0.134. The van der Waals surface area contributed by atoms with Crippen molar-refractivity contribution in [1.29, 1.82) is 0 Å². The van der Waals surface area contributed by atoms with Crippen LogP contribution in [0, 0.1) is 0 Å². The quantitative estimate of drug-likeness (QED) is 0.617. The van der Waals surface area contributed by atoms with Crippen molar-refractivity contribution in [1.82, 2.24) is 15.5 Å². The van der Waals surface area contributed by atoms with E-state index in [1.807, 2.05) is 0 Å². The Labute approximate surface area is 108 Å². The summed E-state index contributed by atoms with van der Waals surface area (Å²) in [6.07, 6.45) is 1.52. The van der Waals surface area contributed by atoms with E-state index in [0.717, 1.165) is 5.56 Å². The first-order valence-corrected chi connectivity index (χ1v) is 5.96. The molecule has 0 saturated carbocycles. The number of benzene rings is 1. The van der Waals surface area contributed by atoms with Crippen molar-refractivity contribution in [2.75, 3.05) is 0 Å². The Kier molecular flexibility index (Phi) is 2.63. The molecular weight excluding hydrogens is 246 g/mol. The number of amides is 2. The van der Waals surface area contributed by atoms with Crippen molar-refractivity contribution in [3.63, 3.8) is 0 Å². The average Bonchev–Trinajstić information content (AvgIpc) is 2.80. The van der Waals surface area contributed by atoms with Crippen LogP contribution >= 0.6 is 0 Å². The van der Waals surface area contributed by atoms with Crippen LogP contribution in [-0.4, -0.2) is 28.3 Å². The number of aldehydes is 1. The lowest BCUT2D eigenvalue weighted by Gasteiger charge is -2.21. The topological polar surface area (TPSA) is 91.9 Å². The van der Waals surface area contributed by atoms with Gasteiger partial charge in [0.2, 0.25) is 11.8 Å². The number of nitrogens with zero attached hydrogens (tertiary/aromatic N) is 1. The fourth-order valence-electron chi connectivity index (χ4n) is 2.37. The van der Waals surface area contributed by atoms with E-state index in [4.69, 9.17) is 0 Å². The number of aromatic amines is 1. The molecule has 0 bridgehead atoms. The van der Waals surface area contributed by atoms with Crippen LogP contribution in [0.2, 0.25) is 0 Å². The average molecular weight is 257 g/mol. The summed E-state index contributed by atoms with van der Waals surface area (Å²) in [5.74, 6) is -0.873. The fraction of sp³-hybridized carbons (Fsp3) is 0.231. The van der Waals surface area contributed by atoms with Crippen molar-refractivity contribution in [3.8, 4) is 0 Å². The smallest absolute Gasteiger partial charge is 0.234 e. The van der Waals surface area contributed by atoms with Gasteiger partial charge < -0.3 is 0 Å². The standard InChI is InChI=1S/C13H11N3O3/c17-6-11-9-5-7(1-3-10(9)15-16-11)8-2-4-12(18)14-13(8)19/h1,3,5-6,8H,2,4H2,(H,15,16)(H,14,18,19). The fourth-order valence-corrected chi connectivity index (χ4v) is 2.37. The molecule has 2 N–H and O–H groups in total. The Morgan fingerprint density at radius 1 is 1.32 bits per heavy atom. The zero-order chi connectivity index (χ0) is 13.4. The molecule has 1 aromatic carbocycles. The largest absolute Gasteiger partial charge is 0.296 e. The normalized spacial score (nSPS) is 19.5. The molecule has 1 saturated heterocycles. The first-order chi connectivity index (χ1) is 9.19. The van der Waals surface area contributed by atoms with Crippen LogP contribution < -0.4 is 5.32 Å². The van der Waals surface area contributed by atoms with Crippen molar-refractivity contribution in [3.05, 3.63) is 29.5 Å². The molecule has 2 amide bonds. The number of carbonyl (C=O) groups excluding carboxylic acids is 3. The molecular formula is C13H11N3O3. The second-order valence-corrected chi connectivity index (χ2v) is 4.54. The number of rotatable bonds is 2. The van der Waals surface area contributed by atoms with Crippen LogP contribution in [0.1, 0.15) is 34.8 Å². The number of H-pyrrole nitrogens is 1. The maximum atomic E-state index is 11.8. The minimum atomic E-state index is -0.350. The van der Waals surface area contributed by atoms with E-state index < -0.39 is 0 Å². The second-order valence-electron chi connectivity index (χ2n) is 4.54. The first-order valence-electron chi connectivity index (χ1n) is 5.96. The summed E-state index contributed by atoms with van der Waals surface area (Å²) < 4.78 is 0. The third-order valence-corrected chi connectivity index (χ3v) is 3.37. The summed E-state index contributed by atoms with van der Waals surface area (Å²) in [4.78, 5) is 33.8. The van der Waals surface area contributed by atoms with Crippen molar-refractivity contribution in [2.24, 2.45) is 0 Å². The van der Waals surface area contributed by atoms with Crippen LogP contribution in [0.3, 0.4) is 0 Å². The second kappa shape index (κ2) is 4.31. The molecule has 2 heterocycles. The zero-order valence-electron chi connectivity index (χ0n) is 9.97. The van der Waals surface area contributed by atoms with E-state index in [0.29, 0.717) is 35.7 Å². The molecule has 1 aliphatic rings. The van der Waals surface area contributed by atoms with Crippen molar-refractivity contribution < 1.29 is 14.4 Å². The predicted molar refractivity (Wildman–Crippen MR) is 66.6 cm³/mol. The summed E-state index contributed by atoms with van der Waals surface area (Å²) in [7, 11) is 0. The molecule has 1 unspecified atom stereocenters. The molecule has 3 rings (SSSR count). The summed E-state index contributed by atoms with van der Waals surface area (Å²) in [5, 5.41) is 9.65. The van der Waals surface area contributed by atoms with Crippen LogP contribution in [0.5, 0.6) is 0 Å². The minimum Gasteiger partial charge on any atom is -0.296 e. The molecule has 6 heteroatoms. The van der Waals surface area contributed by atoms with Gasteiger partial charge in [0.15, 0.2) is 6.29 Å². The lowest BCUT2D eigenvalue weighted by Crippen LogP contribution is -2.39. The summed E-state index contributed by atoms with van der Waals surface area (Å²) in [6.45, 7) is 0. The highest BCUT2D eigenvalue weighted by Crippen LogP contribution is 2.27. The molecule has 96 valence electrons. The Morgan fingerprint density at radius 2 is 2.16 bits per heavy atom. The van der Waals surface area contributed by atoms with E-state index >= 15 is 0 Å². The number of carbonyl (C=O) groups is 3. The van der Waals surface area contributed by atoms with Gasteiger partial charge in [-0.1, -0.05) is 6.07 Å². The summed E-state index contributed by atoms with van der Waals surface area (Å²) in [5.41, 5.74) is 1.87. The number of hydrogen-bond donors (Lipinski definition) is 2. The third-order valence-electron chi connectivity index (χ3n) is 3.37. The molecule has 0 aliphatic carbocycles. The van der Waals surface area contributed by atoms with E-state index in [2.05, 4.69) is 15.5 Å². The van der Waals surface area contributed by atoms with Gasteiger partial charge in [0.25, 0.3) is 0 Å². The first kappa shape index (κ1) is 11.6. The molecule has 0 spiro atoms. The van der Waals surface area contributed by atoms with Gasteiger partial charge in [0, 0.05) is 11.8 Å². The van der Waals surface area contributed by atoms with Gasteiger partial charge in [-0.25, -0.2) is 0 Å². The predicted octanol–water partition coefficient (Wildman–Crippen LogP) is 0.896. The van der Waals surface area contributed by atoms with Crippen molar-refractivity contribution in [2.45, 2.75) is 18.8 Å². The lowest BCUT2D eigenvalue weighted by atomic mass is 9.90. The number of fused-ring (bicyclic) bond motifs is 1. The third kappa shape index (κ3) is 1.91. The van der Waals surface area contributed by atoms with Crippen LogP contribution in [0.4, 0.5) is 0 Å². The Morgan fingerprint density at radius 3 is 2.89 bits per heavy atom. The van der Waals surface area contributed by atoms with Gasteiger partial charge in [-0.2, -0.15) is 5.10 Å². The summed E-state index contributed by atoms with van der Waals surface area (Å²) >= 11 is 0.